The smallest absolute Gasteiger partial charge is 0.222 e. The topological polar surface area (TPSA) is 101 Å². The Hall–Kier alpha value is -0.660. The Morgan fingerprint density at radius 3 is 2.68 bits per heavy atom. The van der Waals surface area contributed by atoms with Gasteiger partial charge in [0.15, 0.2) is 9.84 Å². The third-order valence-corrected chi connectivity index (χ3v) is 5.11. The third-order valence-electron chi connectivity index (χ3n) is 3.36. The van der Waals surface area contributed by atoms with Gasteiger partial charge >= 0.3 is 0 Å². The number of hydrogen-bond donors (Lipinski definition) is 2. The highest BCUT2D eigenvalue weighted by Crippen LogP contribution is 2.19. The van der Waals surface area contributed by atoms with Crippen LogP contribution in [0.4, 0.5) is 0 Å². The fraction of sp³-hybridized carbons (Fsp3) is 0.917. The molecule has 0 radical (unpaired) electrons. The fourth-order valence-corrected chi connectivity index (χ4v) is 4.09. The first-order chi connectivity index (χ1) is 8.85. The summed E-state index contributed by atoms with van der Waals surface area (Å²) >= 11 is 0. The standard InChI is InChI=1S/C12H24N2O4S/c1-10(13)3-2-4-12(16)14(6-7-15)11-5-8-19(17,18)9-11/h10-11,15H,2-9,13H2,1H3. The maximum Gasteiger partial charge on any atom is 0.222 e. The molecular formula is C12H24N2O4S. The van der Waals surface area contributed by atoms with Gasteiger partial charge in [0.2, 0.25) is 5.91 Å². The summed E-state index contributed by atoms with van der Waals surface area (Å²) in [5, 5.41) is 9.03. The van der Waals surface area contributed by atoms with Crippen molar-refractivity contribution in [2.75, 3.05) is 24.7 Å². The van der Waals surface area contributed by atoms with Crippen molar-refractivity contribution in [2.45, 2.75) is 44.7 Å². The van der Waals surface area contributed by atoms with Gasteiger partial charge in [-0.1, -0.05) is 0 Å². The van der Waals surface area contributed by atoms with Crippen molar-refractivity contribution in [1.82, 2.24) is 4.90 Å². The summed E-state index contributed by atoms with van der Waals surface area (Å²) in [6.45, 7) is 1.95. The molecule has 0 aliphatic carbocycles. The molecule has 1 aliphatic heterocycles. The lowest BCUT2D eigenvalue weighted by Gasteiger charge is -2.27. The lowest BCUT2D eigenvalue weighted by Crippen LogP contribution is -2.42. The molecule has 0 aromatic rings. The number of carbonyl (C=O) groups excluding carboxylic acids is 1. The van der Waals surface area contributed by atoms with E-state index in [4.69, 9.17) is 10.8 Å². The number of nitrogens with two attached hydrogens (primary N) is 1. The molecule has 0 spiro atoms. The van der Waals surface area contributed by atoms with Crippen LogP contribution in [0.3, 0.4) is 0 Å². The molecule has 2 atom stereocenters. The highest BCUT2D eigenvalue weighted by Gasteiger charge is 2.34. The number of carbonyl (C=O) groups is 1. The van der Waals surface area contributed by atoms with Crippen LogP contribution in [0.15, 0.2) is 0 Å². The van der Waals surface area contributed by atoms with Gasteiger partial charge in [-0.3, -0.25) is 4.79 Å². The van der Waals surface area contributed by atoms with Gasteiger partial charge in [0.1, 0.15) is 0 Å². The van der Waals surface area contributed by atoms with E-state index >= 15 is 0 Å². The second-order valence-electron chi connectivity index (χ2n) is 5.24. The molecule has 7 heteroatoms. The summed E-state index contributed by atoms with van der Waals surface area (Å²) < 4.78 is 22.9. The largest absolute Gasteiger partial charge is 0.395 e. The summed E-state index contributed by atoms with van der Waals surface area (Å²) in [6.07, 6.45) is 2.29. The molecule has 19 heavy (non-hydrogen) atoms. The average molecular weight is 292 g/mol. The molecule has 0 aromatic heterocycles. The minimum absolute atomic E-state index is 0.0199. The molecular weight excluding hydrogens is 268 g/mol. The molecule has 1 rings (SSSR count). The SMILES string of the molecule is CC(N)CCCC(=O)N(CCO)C1CCS(=O)(=O)C1. The van der Waals surface area contributed by atoms with Crippen LogP contribution in [-0.4, -0.2) is 61.1 Å². The number of rotatable bonds is 7. The first kappa shape index (κ1) is 16.4. The maximum absolute atomic E-state index is 12.1. The molecule has 1 aliphatic rings. The van der Waals surface area contributed by atoms with Crippen LogP contribution in [0.2, 0.25) is 0 Å². The van der Waals surface area contributed by atoms with E-state index in [1.54, 1.807) is 0 Å². The zero-order valence-electron chi connectivity index (χ0n) is 11.4. The zero-order valence-corrected chi connectivity index (χ0v) is 12.2. The third kappa shape index (κ3) is 5.46. The van der Waals surface area contributed by atoms with Gasteiger partial charge in [-0.25, -0.2) is 8.42 Å². The molecule has 3 N–H and O–H groups in total. The Morgan fingerprint density at radius 1 is 1.53 bits per heavy atom. The highest BCUT2D eigenvalue weighted by atomic mass is 32.2. The number of aliphatic hydroxyl groups is 1. The Morgan fingerprint density at radius 2 is 2.21 bits per heavy atom. The molecule has 0 bridgehead atoms. The predicted molar refractivity (Wildman–Crippen MR) is 73.4 cm³/mol. The van der Waals surface area contributed by atoms with Crippen LogP contribution < -0.4 is 5.73 Å². The summed E-state index contributed by atoms with van der Waals surface area (Å²) in [4.78, 5) is 13.6. The molecule has 0 aromatic carbocycles. The Kier molecular flexibility index (Phi) is 6.22. The monoisotopic (exact) mass is 292 g/mol. The number of amides is 1. The van der Waals surface area contributed by atoms with Gasteiger partial charge in [-0.2, -0.15) is 0 Å². The molecule has 112 valence electrons. The Bertz CT molecular complexity index is 395. The second-order valence-corrected chi connectivity index (χ2v) is 7.47. The summed E-state index contributed by atoms with van der Waals surface area (Å²) in [5.41, 5.74) is 5.63. The van der Waals surface area contributed by atoms with Crippen molar-refractivity contribution in [3.63, 3.8) is 0 Å². The van der Waals surface area contributed by atoms with Gasteiger partial charge in [0.05, 0.1) is 18.1 Å². The van der Waals surface area contributed by atoms with Gasteiger partial charge in [0.25, 0.3) is 0 Å². The second kappa shape index (κ2) is 7.21. The van der Waals surface area contributed by atoms with Gasteiger partial charge in [0, 0.05) is 25.0 Å². The molecule has 1 saturated heterocycles. The van der Waals surface area contributed by atoms with Crippen LogP contribution in [-0.2, 0) is 14.6 Å². The van der Waals surface area contributed by atoms with Crippen molar-refractivity contribution >= 4 is 15.7 Å². The maximum atomic E-state index is 12.1. The van der Waals surface area contributed by atoms with Crippen LogP contribution >= 0.6 is 0 Å². The minimum Gasteiger partial charge on any atom is -0.395 e. The van der Waals surface area contributed by atoms with Crippen molar-refractivity contribution in [1.29, 1.82) is 0 Å². The van der Waals surface area contributed by atoms with Crippen molar-refractivity contribution in [2.24, 2.45) is 5.73 Å². The normalized spacial score (nSPS) is 23.2. The molecule has 1 amide bonds. The summed E-state index contributed by atoms with van der Waals surface area (Å²) in [6, 6.07) is -0.217. The van der Waals surface area contributed by atoms with Crippen molar-refractivity contribution in [3.8, 4) is 0 Å². The van der Waals surface area contributed by atoms with Crippen LogP contribution in [0.25, 0.3) is 0 Å². The Labute approximate surface area is 114 Å². The van der Waals surface area contributed by atoms with E-state index in [9.17, 15) is 13.2 Å². The van der Waals surface area contributed by atoms with Crippen molar-refractivity contribution in [3.05, 3.63) is 0 Å². The number of sulfone groups is 1. The number of hydrogen-bond acceptors (Lipinski definition) is 5. The van der Waals surface area contributed by atoms with E-state index in [2.05, 4.69) is 0 Å². The molecule has 6 nitrogen and oxygen atoms in total. The minimum atomic E-state index is -3.02. The van der Waals surface area contributed by atoms with E-state index in [0.29, 0.717) is 19.3 Å². The van der Waals surface area contributed by atoms with E-state index in [0.717, 1.165) is 6.42 Å². The van der Waals surface area contributed by atoms with E-state index in [1.807, 2.05) is 6.92 Å². The van der Waals surface area contributed by atoms with Gasteiger partial charge in [-0.05, 0) is 26.2 Å². The number of aliphatic hydroxyl groups excluding tert-OH is 1. The van der Waals surface area contributed by atoms with Gasteiger partial charge < -0.3 is 15.7 Å². The predicted octanol–water partition coefficient (Wildman–Crippen LogP) is -0.488. The van der Waals surface area contributed by atoms with E-state index < -0.39 is 9.84 Å². The molecule has 2 unspecified atom stereocenters. The van der Waals surface area contributed by atoms with Crippen LogP contribution in [0.1, 0.15) is 32.6 Å². The summed E-state index contributed by atoms with van der Waals surface area (Å²) in [7, 11) is -3.02. The lowest BCUT2D eigenvalue weighted by atomic mass is 10.1. The first-order valence-corrected chi connectivity index (χ1v) is 8.54. The quantitative estimate of drug-likeness (QED) is 0.659. The van der Waals surface area contributed by atoms with Crippen LogP contribution in [0, 0.1) is 0 Å². The van der Waals surface area contributed by atoms with Crippen LogP contribution in [0.5, 0.6) is 0 Å². The van der Waals surface area contributed by atoms with E-state index in [-0.39, 0.29) is 42.6 Å². The molecule has 1 fully saturated rings. The fourth-order valence-electron chi connectivity index (χ4n) is 2.36. The van der Waals surface area contributed by atoms with E-state index in [1.165, 1.54) is 4.90 Å². The lowest BCUT2D eigenvalue weighted by molar-refractivity contribution is -0.133. The van der Waals surface area contributed by atoms with Gasteiger partial charge in [-0.15, -0.1) is 0 Å². The molecule has 0 saturated carbocycles. The first-order valence-electron chi connectivity index (χ1n) is 6.72. The summed E-state index contributed by atoms with van der Waals surface area (Å²) in [5.74, 6) is 0.0652. The number of nitrogens with zero attached hydrogens (tertiary/aromatic N) is 1. The Balaban J connectivity index is 2.54. The average Bonchev–Trinajstić information content (AvgIpc) is 2.65. The highest BCUT2D eigenvalue weighted by molar-refractivity contribution is 7.91. The molecule has 1 heterocycles. The van der Waals surface area contributed by atoms with Crippen molar-refractivity contribution < 1.29 is 18.3 Å². The zero-order chi connectivity index (χ0) is 14.5.